The quantitative estimate of drug-likeness (QED) is 0.435. The predicted octanol–water partition coefficient (Wildman–Crippen LogP) is 6.04. The standard InChI is InChI=1S/C33H52O5/c1-29(2)25-12-10-20-22-17-24-21(31(22,5)15-16-32(20)18-33(25,32)14-13-26(29)34)9-11-23(37-24)27(30(3,4)36)38-28(35)19-7-6-8-19/h19-27,34,36H,6-18H2,1-5H3/t20?,21?,22?,23?,24?,25?,26-,27-,31?,32-,33+/m0/s1. The number of hydrogen-bond acceptors (Lipinski definition) is 5. The Labute approximate surface area is 229 Å². The van der Waals surface area contributed by atoms with E-state index in [1.807, 2.05) is 0 Å². The van der Waals surface area contributed by atoms with Crippen LogP contribution in [0.15, 0.2) is 0 Å². The molecule has 6 saturated carbocycles. The highest BCUT2D eigenvalue weighted by molar-refractivity contribution is 5.73. The van der Waals surface area contributed by atoms with Gasteiger partial charge in [-0.2, -0.15) is 0 Å². The third-order valence-electron chi connectivity index (χ3n) is 14.3. The van der Waals surface area contributed by atoms with Crippen molar-refractivity contribution in [2.24, 2.45) is 51.2 Å². The smallest absolute Gasteiger partial charge is 0.309 e. The minimum absolute atomic E-state index is 0.00695. The van der Waals surface area contributed by atoms with Gasteiger partial charge >= 0.3 is 5.97 Å². The lowest BCUT2D eigenvalue weighted by molar-refractivity contribution is -0.206. The van der Waals surface area contributed by atoms with Crippen molar-refractivity contribution < 1.29 is 24.5 Å². The molecule has 7 unspecified atom stereocenters. The monoisotopic (exact) mass is 528 g/mol. The molecule has 38 heavy (non-hydrogen) atoms. The van der Waals surface area contributed by atoms with Gasteiger partial charge in [0.15, 0.2) is 6.10 Å². The molecule has 7 fully saturated rings. The summed E-state index contributed by atoms with van der Waals surface area (Å²) in [4.78, 5) is 12.8. The van der Waals surface area contributed by atoms with Crippen molar-refractivity contribution in [2.75, 3.05) is 0 Å². The molecule has 2 N–H and O–H groups in total. The third kappa shape index (κ3) is 3.36. The zero-order valence-corrected chi connectivity index (χ0v) is 24.5. The molecular weight excluding hydrogens is 476 g/mol. The fourth-order valence-corrected chi connectivity index (χ4v) is 12.0. The first-order chi connectivity index (χ1) is 17.8. The van der Waals surface area contributed by atoms with Gasteiger partial charge in [0.05, 0.1) is 29.8 Å². The zero-order valence-electron chi connectivity index (χ0n) is 24.5. The number of ether oxygens (including phenoxy) is 2. The van der Waals surface area contributed by atoms with Crippen molar-refractivity contribution in [3.63, 3.8) is 0 Å². The number of carbonyl (C=O) groups is 1. The van der Waals surface area contributed by atoms with Crippen LogP contribution >= 0.6 is 0 Å². The summed E-state index contributed by atoms with van der Waals surface area (Å²) < 4.78 is 12.9. The largest absolute Gasteiger partial charge is 0.456 e. The molecule has 0 aromatic rings. The van der Waals surface area contributed by atoms with E-state index in [1.165, 1.54) is 38.5 Å². The van der Waals surface area contributed by atoms with Crippen molar-refractivity contribution in [1.82, 2.24) is 0 Å². The van der Waals surface area contributed by atoms with Crippen molar-refractivity contribution >= 4 is 5.97 Å². The molecule has 1 heterocycles. The predicted molar refractivity (Wildman–Crippen MR) is 145 cm³/mol. The topological polar surface area (TPSA) is 76.0 Å². The van der Waals surface area contributed by atoms with Crippen LogP contribution in [-0.4, -0.2) is 46.2 Å². The van der Waals surface area contributed by atoms with Gasteiger partial charge in [0, 0.05) is 0 Å². The van der Waals surface area contributed by atoms with Gasteiger partial charge in [-0.1, -0.05) is 27.2 Å². The van der Waals surface area contributed by atoms with Crippen LogP contribution in [0.1, 0.15) is 118 Å². The van der Waals surface area contributed by atoms with Crippen LogP contribution in [0, 0.1) is 51.2 Å². The molecule has 5 heteroatoms. The van der Waals surface area contributed by atoms with E-state index in [1.54, 1.807) is 13.8 Å². The Bertz CT molecular complexity index is 980. The highest BCUT2D eigenvalue weighted by Crippen LogP contribution is 2.87. The molecule has 7 rings (SSSR count). The Hall–Kier alpha value is -0.650. The Morgan fingerprint density at radius 2 is 1.66 bits per heavy atom. The molecule has 0 aromatic heterocycles. The zero-order chi connectivity index (χ0) is 26.9. The fourth-order valence-electron chi connectivity index (χ4n) is 12.0. The van der Waals surface area contributed by atoms with Crippen LogP contribution in [0.2, 0.25) is 0 Å². The number of aliphatic hydroxyl groups excluding tert-OH is 1. The second kappa shape index (κ2) is 8.22. The number of carbonyl (C=O) groups excluding carboxylic acids is 1. The van der Waals surface area contributed by atoms with Gasteiger partial charge in [0.25, 0.3) is 0 Å². The van der Waals surface area contributed by atoms with Crippen LogP contribution < -0.4 is 0 Å². The Morgan fingerprint density at radius 3 is 2.34 bits per heavy atom. The van der Waals surface area contributed by atoms with Crippen molar-refractivity contribution in [2.45, 2.75) is 148 Å². The van der Waals surface area contributed by atoms with E-state index < -0.39 is 11.7 Å². The maximum atomic E-state index is 12.8. The van der Waals surface area contributed by atoms with Gasteiger partial charge in [-0.3, -0.25) is 4.79 Å². The summed E-state index contributed by atoms with van der Waals surface area (Å²) in [7, 11) is 0. The van der Waals surface area contributed by atoms with Gasteiger partial charge in [0.2, 0.25) is 0 Å². The lowest BCUT2D eigenvalue weighted by Crippen LogP contribution is -2.54. The van der Waals surface area contributed by atoms with Crippen LogP contribution in [0.4, 0.5) is 0 Å². The summed E-state index contributed by atoms with van der Waals surface area (Å²) in [5.41, 5.74) is 0.222. The minimum Gasteiger partial charge on any atom is -0.456 e. The first-order valence-corrected chi connectivity index (χ1v) is 16.1. The van der Waals surface area contributed by atoms with Gasteiger partial charge < -0.3 is 19.7 Å². The summed E-state index contributed by atoms with van der Waals surface area (Å²) >= 11 is 0. The summed E-state index contributed by atoms with van der Waals surface area (Å²) in [5, 5.41) is 21.9. The molecule has 11 atom stereocenters. The highest BCUT2D eigenvalue weighted by atomic mass is 16.6. The molecule has 2 spiro atoms. The van der Waals surface area contributed by atoms with E-state index in [4.69, 9.17) is 9.47 Å². The van der Waals surface area contributed by atoms with Crippen LogP contribution in [0.5, 0.6) is 0 Å². The van der Waals surface area contributed by atoms with Crippen LogP contribution in [0.3, 0.4) is 0 Å². The summed E-state index contributed by atoms with van der Waals surface area (Å²) in [6.45, 7) is 10.8. The van der Waals surface area contributed by atoms with Gasteiger partial charge in [0.1, 0.15) is 0 Å². The average molecular weight is 529 g/mol. The van der Waals surface area contributed by atoms with E-state index >= 15 is 0 Å². The number of esters is 1. The molecule has 0 aromatic carbocycles. The van der Waals surface area contributed by atoms with Crippen LogP contribution in [-0.2, 0) is 14.3 Å². The summed E-state index contributed by atoms with van der Waals surface area (Å²) in [5.74, 6) is 2.60. The van der Waals surface area contributed by atoms with Crippen molar-refractivity contribution in [1.29, 1.82) is 0 Å². The van der Waals surface area contributed by atoms with Crippen molar-refractivity contribution in [3.05, 3.63) is 0 Å². The first-order valence-electron chi connectivity index (χ1n) is 16.1. The Morgan fingerprint density at radius 1 is 0.921 bits per heavy atom. The van der Waals surface area contributed by atoms with E-state index in [0.29, 0.717) is 34.0 Å². The van der Waals surface area contributed by atoms with Gasteiger partial charge in [-0.05, 0) is 136 Å². The molecule has 5 nitrogen and oxygen atoms in total. The minimum atomic E-state index is -1.12. The van der Waals surface area contributed by atoms with E-state index in [-0.39, 0.29) is 35.6 Å². The number of hydrogen-bond donors (Lipinski definition) is 2. The maximum absolute atomic E-state index is 12.8. The number of aliphatic hydroxyl groups is 2. The second-order valence-corrected chi connectivity index (χ2v) is 16.5. The second-order valence-electron chi connectivity index (χ2n) is 16.5. The molecule has 214 valence electrons. The molecular formula is C33H52O5. The molecule has 0 bridgehead atoms. The summed E-state index contributed by atoms with van der Waals surface area (Å²) in [6, 6.07) is 0. The molecule has 0 amide bonds. The molecule has 1 saturated heterocycles. The Balaban J connectivity index is 1.11. The van der Waals surface area contributed by atoms with Crippen LogP contribution in [0.25, 0.3) is 0 Å². The number of rotatable bonds is 4. The molecule has 7 aliphatic rings. The SMILES string of the molecule is CC12CC[C@@]34C[C@@]35CC[C@H](O)C(C)(C)C5CCC4C1CC1OC([C@H](OC(=O)C3CCC3)C(C)(C)O)CCC12. The first kappa shape index (κ1) is 26.3. The fraction of sp³-hybridized carbons (Fsp3) is 0.970. The van der Waals surface area contributed by atoms with Crippen molar-refractivity contribution in [3.8, 4) is 0 Å². The lowest BCUT2D eigenvalue weighted by atomic mass is 9.46. The van der Waals surface area contributed by atoms with E-state index in [0.717, 1.165) is 50.9 Å². The van der Waals surface area contributed by atoms with E-state index in [9.17, 15) is 15.0 Å². The van der Waals surface area contributed by atoms with E-state index in [2.05, 4.69) is 20.8 Å². The van der Waals surface area contributed by atoms with Gasteiger partial charge in [-0.15, -0.1) is 0 Å². The highest BCUT2D eigenvalue weighted by Gasteiger charge is 2.80. The Kier molecular flexibility index (Phi) is 5.68. The van der Waals surface area contributed by atoms with Gasteiger partial charge in [-0.25, -0.2) is 0 Å². The normalized spacial score (nSPS) is 51.8. The molecule has 6 aliphatic carbocycles. The molecule has 1 aliphatic heterocycles. The summed E-state index contributed by atoms with van der Waals surface area (Å²) in [6.07, 6.45) is 14.1. The number of fused-ring (bicyclic) bond motifs is 4. The average Bonchev–Trinajstić information content (AvgIpc) is 3.38. The maximum Gasteiger partial charge on any atom is 0.309 e. The third-order valence-corrected chi connectivity index (χ3v) is 14.3. The molecule has 0 radical (unpaired) electrons. The lowest BCUT2D eigenvalue weighted by Gasteiger charge is -2.59.